The second-order valence-electron chi connectivity index (χ2n) is 4.34. The fraction of sp³-hybridized carbons (Fsp3) is 0.429. The van der Waals surface area contributed by atoms with Crippen LogP contribution in [0.3, 0.4) is 0 Å². The Hall–Kier alpha value is -2.08. The lowest BCUT2D eigenvalue weighted by molar-refractivity contribution is -0.154. The first kappa shape index (κ1) is 16.0. The zero-order valence-electron chi connectivity index (χ0n) is 11.7. The second kappa shape index (κ2) is 8.16. The van der Waals surface area contributed by atoms with Gasteiger partial charge >= 0.3 is 5.97 Å². The van der Waals surface area contributed by atoms with E-state index in [0.29, 0.717) is 18.8 Å². The Bertz CT molecular complexity index is 462. The minimum absolute atomic E-state index is 0.0841. The number of methoxy groups -OCH3 is 1. The normalized spacial score (nSPS) is 11.7. The summed E-state index contributed by atoms with van der Waals surface area (Å²) in [6.07, 6.45) is -0.749. The van der Waals surface area contributed by atoms with E-state index >= 15 is 0 Å². The van der Waals surface area contributed by atoms with Crippen LogP contribution in [0.25, 0.3) is 0 Å². The molecule has 110 valence electrons. The number of carbonyl (C=O) groups excluding carboxylic acids is 2. The first-order chi connectivity index (χ1) is 9.52. The molecule has 0 bridgehead atoms. The maximum atomic E-state index is 11.7. The highest BCUT2D eigenvalue weighted by molar-refractivity contribution is 5.83. The highest BCUT2D eigenvalue weighted by atomic mass is 16.5. The van der Waals surface area contributed by atoms with Crippen LogP contribution in [0.4, 0.5) is 5.69 Å². The van der Waals surface area contributed by atoms with Crippen molar-refractivity contribution in [2.45, 2.75) is 19.4 Å². The van der Waals surface area contributed by atoms with Crippen molar-refractivity contribution in [2.24, 2.45) is 0 Å². The minimum Gasteiger partial charge on any atom is -0.452 e. The summed E-state index contributed by atoms with van der Waals surface area (Å²) in [5, 5.41) is 2.60. The highest BCUT2D eigenvalue weighted by Crippen LogP contribution is 2.08. The average Bonchev–Trinajstić information content (AvgIpc) is 2.38. The summed E-state index contributed by atoms with van der Waals surface area (Å²) in [4.78, 5) is 23.3. The molecule has 0 aliphatic carbocycles. The van der Waals surface area contributed by atoms with E-state index in [0.717, 1.165) is 5.56 Å². The molecule has 1 aromatic carbocycles. The monoisotopic (exact) mass is 280 g/mol. The quantitative estimate of drug-likeness (QED) is 0.431. The minimum atomic E-state index is -0.833. The molecule has 0 spiro atoms. The van der Waals surface area contributed by atoms with Crippen molar-refractivity contribution in [1.82, 2.24) is 5.32 Å². The van der Waals surface area contributed by atoms with Gasteiger partial charge in [-0.3, -0.25) is 9.59 Å². The number of anilines is 1. The topological polar surface area (TPSA) is 90.6 Å². The van der Waals surface area contributed by atoms with Gasteiger partial charge in [0.05, 0.1) is 13.0 Å². The number of benzene rings is 1. The molecule has 1 amide bonds. The molecule has 0 aliphatic rings. The van der Waals surface area contributed by atoms with E-state index in [1.807, 2.05) is 0 Å². The lowest BCUT2D eigenvalue weighted by Crippen LogP contribution is -2.37. The van der Waals surface area contributed by atoms with Gasteiger partial charge in [-0.15, -0.1) is 0 Å². The molecule has 0 aromatic heterocycles. The predicted octanol–water partition coefficient (Wildman–Crippen LogP) is 0.506. The van der Waals surface area contributed by atoms with Crippen LogP contribution in [-0.4, -0.2) is 38.2 Å². The number of amides is 1. The molecule has 0 saturated heterocycles. The molecule has 3 N–H and O–H groups in total. The third-order valence-electron chi connectivity index (χ3n) is 2.58. The largest absolute Gasteiger partial charge is 0.452 e. The van der Waals surface area contributed by atoms with Crippen LogP contribution in [-0.2, 0) is 25.5 Å². The fourth-order valence-electron chi connectivity index (χ4n) is 1.58. The van der Waals surface area contributed by atoms with E-state index in [1.165, 1.54) is 6.92 Å². The molecule has 6 heteroatoms. The van der Waals surface area contributed by atoms with Crippen molar-refractivity contribution in [1.29, 1.82) is 0 Å². The zero-order chi connectivity index (χ0) is 15.0. The molecule has 20 heavy (non-hydrogen) atoms. The maximum absolute atomic E-state index is 11.7. The number of rotatable bonds is 7. The van der Waals surface area contributed by atoms with E-state index in [2.05, 4.69) is 5.32 Å². The molecule has 1 aromatic rings. The average molecular weight is 280 g/mol. The van der Waals surface area contributed by atoms with Gasteiger partial charge in [-0.2, -0.15) is 0 Å². The standard InChI is InChI=1S/C14H20N2O4/c1-10(14(18)16-6-7-19-2)20-13(17)9-11-4-3-5-12(15)8-11/h3-5,8,10H,6-7,9,15H2,1-2H3,(H,16,18). The van der Waals surface area contributed by atoms with E-state index in [9.17, 15) is 9.59 Å². The third-order valence-corrected chi connectivity index (χ3v) is 2.58. The van der Waals surface area contributed by atoms with Crippen molar-refractivity contribution in [2.75, 3.05) is 26.0 Å². The summed E-state index contributed by atoms with van der Waals surface area (Å²) < 4.78 is 9.86. The molecule has 0 saturated carbocycles. The van der Waals surface area contributed by atoms with Crippen LogP contribution in [0.15, 0.2) is 24.3 Å². The first-order valence-corrected chi connectivity index (χ1v) is 6.33. The molecule has 0 fully saturated rings. The number of nitrogen functional groups attached to an aromatic ring is 1. The Labute approximate surface area is 118 Å². The van der Waals surface area contributed by atoms with Gasteiger partial charge in [-0.1, -0.05) is 12.1 Å². The number of carbonyl (C=O) groups is 2. The van der Waals surface area contributed by atoms with Gasteiger partial charge in [-0.05, 0) is 24.6 Å². The Morgan fingerprint density at radius 2 is 2.15 bits per heavy atom. The number of nitrogens with one attached hydrogen (secondary N) is 1. The Kier molecular flexibility index (Phi) is 6.52. The fourth-order valence-corrected chi connectivity index (χ4v) is 1.58. The second-order valence-corrected chi connectivity index (χ2v) is 4.34. The summed E-state index contributed by atoms with van der Waals surface area (Å²) in [5.41, 5.74) is 6.96. The van der Waals surface area contributed by atoms with Crippen molar-refractivity contribution >= 4 is 17.6 Å². The number of esters is 1. The summed E-state index contributed by atoms with van der Waals surface area (Å²) in [6, 6.07) is 6.98. The van der Waals surface area contributed by atoms with E-state index in [-0.39, 0.29) is 12.3 Å². The van der Waals surface area contributed by atoms with Gasteiger partial charge in [0.15, 0.2) is 6.10 Å². The molecule has 1 rings (SSSR count). The van der Waals surface area contributed by atoms with Gasteiger partial charge in [0.2, 0.25) is 0 Å². The first-order valence-electron chi connectivity index (χ1n) is 6.33. The van der Waals surface area contributed by atoms with Crippen molar-refractivity contribution in [3.05, 3.63) is 29.8 Å². The molecule has 6 nitrogen and oxygen atoms in total. The molecule has 1 unspecified atom stereocenters. The Balaban J connectivity index is 2.39. The van der Waals surface area contributed by atoms with Gasteiger partial charge in [0.25, 0.3) is 5.91 Å². The van der Waals surface area contributed by atoms with Crippen molar-refractivity contribution in [3.8, 4) is 0 Å². The maximum Gasteiger partial charge on any atom is 0.311 e. The smallest absolute Gasteiger partial charge is 0.311 e. The number of hydrogen-bond donors (Lipinski definition) is 2. The molecule has 1 atom stereocenters. The number of nitrogens with two attached hydrogens (primary N) is 1. The number of hydrogen-bond acceptors (Lipinski definition) is 5. The lowest BCUT2D eigenvalue weighted by atomic mass is 10.1. The Morgan fingerprint density at radius 1 is 1.40 bits per heavy atom. The van der Waals surface area contributed by atoms with Crippen LogP contribution in [0.2, 0.25) is 0 Å². The van der Waals surface area contributed by atoms with Crippen LogP contribution in [0.5, 0.6) is 0 Å². The SMILES string of the molecule is COCCNC(=O)C(C)OC(=O)Cc1cccc(N)c1. The molecular weight excluding hydrogens is 260 g/mol. The van der Waals surface area contributed by atoms with Gasteiger partial charge in [0, 0.05) is 19.3 Å². The highest BCUT2D eigenvalue weighted by Gasteiger charge is 2.17. The van der Waals surface area contributed by atoms with Crippen LogP contribution in [0.1, 0.15) is 12.5 Å². The summed E-state index contributed by atoms with van der Waals surface area (Å²) in [7, 11) is 1.54. The number of ether oxygens (including phenoxy) is 2. The van der Waals surface area contributed by atoms with Crippen LogP contribution >= 0.6 is 0 Å². The third kappa shape index (κ3) is 5.71. The van der Waals surface area contributed by atoms with Crippen LogP contribution < -0.4 is 11.1 Å². The van der Waals surface area contributed by atoms with Crippen molar-refractivity contribution < 1.29 is 19.1 Å². The van der Waals surface area contributed by atoms with E-state index < -0.39 is 12.1 Å². The lowest BCUT2D eigenvalue weighted by Gasteiger charge is -2.13. The predicted molar refractivity (Wildman–Crippen MR) is 75.0 cm³/mol. The Morgan fingerprint density at radius 3 is 2.80 bits per heavy atom. The molecular formula is C14H20N2O4. The van der Waals surface area contributed by atoms with Gasteiger partial charge in [0.1, 0.15) is 0 Å². The summed E-state index contributed by atoms with van der Waals surface area (Å²) in [5.74, 6) is -0.812. The van der Waals surface area contributed by atoms with Gasteiger partial charge in [-0.25, -0.2) is 0 Å². The zero-order valence-corrected chi connectivity index (χ0v) is 11.7. The molecule has 0 radical (unpaired) electrons. The molecule has 0 aliphatic heterocycles. The summed E-state index contributed by atoms with van der Waals surface area (Å²) in [6.45, 7) is 2.32. The van der Waals surface area contributed by atoms with Gasteiger partial charge < -0.3 is 20.5 Å². The van der Waals surface area contributed by atoms with Crippen molar-refractivity contribution in [3.63, 3.8) is 0 Å². The molecule has 0 heterocycles. The summed E-state index contributed by atoms with van der Waals surface area (Å²) >= 11 is 0. The van der Waals surface area contributed by atoms with E-state index in [1.54, 1.807) is 31.4 Å². The van der Waals surface area contributed by atoms with E-state index in [4.69, 9.17) is 15.2 Å². The van der Waals surface area contributed by atoms with Crippen LogP contribution in [0, 0.1) is 0 Å².